The summed E-state index contributed by atoms with van der Waals surface area (Å²) in [6, 6.07) is 0. The van der Waals surface area contributed by atoms with Crippen molar-refractivity contribution in [2.24, 2.45) is 47.3 Å². The Bertz CT molecular complexity index is 260. The number of aliphatic hydroxyl groups excluding tert-OH is 2. The van der Waals surface area contributed by atoms with E-state index in [1.165, 1.54) is 0 Å². The van der Waals surface area contributed by atoms with Crippen LogP contribution >= 0.6 is 0 Å². The minimum absolute atomic E-state index is 0.000000000000000222. The van der Waals surface area contributed by atoms with E-state index in [0.29, 0.717) is 23.7 Å². The van der Waals surface area contributed by atoms with Gasteiger partial charge in [-0.25, -0.2) is 0 Å². The number of hydrogen-bond donors (Lipinski definition) is 2. The molecular weight excluding hydrogens is 176 g/mol. The quantitative estimate of drug-likeness (QED) is 0.586. The van der Waals surface area contributed by atoms with Gasteiger partial charge in [0.05, 0.1) is 12.2 Å². The summed E-state index contributed by atoms with van der Waals surface area (Å²) in [5, 5.41) is 20.5. The standard InChI is InChI=1S/C12H16O2/c13-11-3-1-4-8-7(3)9-5(11)2-6(10(8)9)12(4)14/h3-14H,1-2H2/t3-,4-,5-,6+,7?,8?,9?,10?,11?,12?/m1/s1. The summed E-state index contributed by atoms with van der Waals surface area (Å²) >= 11 is 0. The Morgan fingerprint density at radius 2 is 0.857 bits per heavy atom. The third kappa shape index (κ3) is 0.455. The van der Waals surface area contributed by atoms with Crippen LogP contribution in [0, 0.1) is 47.3 Å². The lowest BCUT2D eigenvalue weighted by Crippen LogP contribution is -2.41. The van der Waals surface area contributed by atoms with Crippen LogP contribution in [0.25, 0.3) is 0 Å². The van der Waals surface area contributed by atoms with Gasteiger partial charge in [0, 0.05) is 0 Å². The molecule has 0 aromatic rings. The normalized spacial score (nSPS) is 81.0. The van der Waals surface area contributed by atoms with E-state index in [1.54, 1.807) is 0 Å². The molecule has 0 bridgehead atoms. The molecule has 5 aliphatic rings. The Morgan fingerprint density at radius 1 is 0.571 bits per heavy atom. The summed E-state index contributed by atoms with van der Waals surface area (Å²) in [4.78, 5) is 0. The summed E-state index contributed by atoms with van der Waals surface area (Å²) in [5.74, 6) is 5.61. The summed E-state index contributed by atoms with van der Waals surface area (Å²) in [6.45, 7) is 0. The van der Waals surface area contributed by atoms with Crippen LogP contribution in [0.1, 0.15) is 12.8 Å². The zero-order valence-corrected chi connectivity index (χ0v) is 8.08. The average molecular weight is 192 g/mol. The van der Waals surface area contributed by atoms with Crippen molar-refractivity contribution in [1.82, 2.24) is 0 Å². The topological polar surface area (TPSA) is 40.5 Å². The van der Waals surface area contributed by atoms with Crippen LogP contribution in [0.5, 0.6) is 0 Å². The fraction of sp³-hybridized carbons (Fsp3) is 1.00. The Balaban J connectivity index is 1.76. The van der Waals surface area contributed by atoms with Crippen LogP contribution in [-0.2, 0) is 0 Å². The maximum atomic E-state index is 10.2. The van der Waals surface area contributed by atoms with Gasteiger partial charge < -0.3 is 10.2 Å². The van der Waals surface area contributed by atoms with Gasteiger partial charge >= 0.3 is 0 Å². The van der Waals surface area contributed by atoms with Crippen molar-refractivity contribution in [2.45, 2.75) is 25.0 Å². The van der Waals surface area contributed by atoms with Crippen LogP contribution in [0.2, 0.25) is 0 Å². The Kier molecular flexibility index (Phi) is 0.931. The van der Waals surface area contributed by atoms with E-state index in [0.717, 1.165) is 36.5 Å². The molecule has 5 fully saturated rings. The van der Waals surface area contributed by atoms with Crippen molar-refractivity contribution in [3.8, 4) is 0 Å². The molecule has 0 heterocycles. The lowest BCUT2D eigenvalue weighted by Gasteiger charge is -2.44. The van der Waals surface area contributed by atoms with Gasteiger partial charge in [0.25, 0.3) is 0 Å². The SMILES string of the molecule is OC1[C@@H]2C[C@@H]3C4C2C2C4[C@H](C[C@H]21)C3O. The van der Waals surface area contributed by atoms with Gasteiger partial charge in [-0.05, 0) is 60.2 Å². The van der Waals surface area contributed by atoms with Crippen molar-refractivity contribution < 1.29 is 10.2 Å². The van der Waals surface area contributed by atoms with Gasteiger partial charge in [-0.3, -0.25) is 0 Å². The van der Waals surface area contributed by atoms with E-state index in [1.807, 2.05) is 0 Å². The minimum Gasteiger partial charge on any atom is -0.393 e. The van der Waals surface area contributed by atoms with Gasteiger partial charge in [0.1, 0.15) is 0 Å². The van der Waals surface area contributed by atoms with Crippen LogP contribution in [0.15, 0.2) is 0 Å². The Labute approximate surface area is 83.3 Å². The van der Waals surface area contributed by atoms with Crippen LogP contribution in [-0.4, -0.2) is 22.4 Å². The fourth-order valence-corrected chi connectivity index (χ4v) is 6.52. The minimum atomic E-state index is -0.000000000000000222. The molecule has 0 amide bonds. The molecule has 6 unspecified atom stereocenters. The first kappa shape index (κ1) is 7.24. The van der Waals surface area contributed by atoms with Crippen molar-refractivity contribution in [2.75, 3.05) is 0 Å². The van der Waals surface area contributed by atoms with Gasteiger partial charge in [-0.15, -0.1) is 0 Å². The molecule has 0 spiro atoms. The van der Waals surface area contributed by atoms with E-state index < -0.39 is 0 Å². The second-order valence-electron chi connectivity index (χ2n) is 6.42. The fourth-order valence-electron chi connectivity index (χ4n) is 6.52. The maximum Gasteiger partial charge on any atom is 0.0602 e. The van der Waals surface area contributed by atoms with Crippen molar-refractivity contribution in [1.29, 1.82) is 0 Å². The number of rotatable bonds is 0. The van der Waals surface area contributed by atoms with E-state index in [4.69, 9.17) is 0 Å². The highest BCUT2D eigenvalue weighted by Crippen LogP contribution is 2.79. The Hall–Kier alpha value is -0.0800. The third-order valence-electron chi connectivity index (χ3n) is 6.60. The highest BCUT2D eigenvalue weighted by Gasteiger charge is 2.78. The van der Waals surface area contributed by atoms with Gasteiger partial charge in [0.2, 0.25) is 0 Å². The molecule has 5 saturated carbocycles. The molecule has 76 valence electrons. The summed E-state index contributed by atoms with van der Waals surface area (Å²) in [7, 11) is 0. The van der Waals surface area contributed by atoms with E-state index in [-0.39, 0.29) is 12.2 Å². The molecule has 2 heteroatoms. The van der Waals surface area contributed by atoms with E-state index in [2.05, 4.69) is 0 Å². The Morgan fingerprint density at radius 3 is 1.14 bits per heavy atom. The zero-order valence-electron chi connectivity index (χ0n) is 8.08. The van der Waals surface area contributed by atoms with Crippen LogP contribution < -0.4 is 0 Å². The van der Waals surface area contributed by atoms with Crippen LogP contribution in [0.4, 0.5) is 0 Å². The van der Waals surface area contributed by atoms with Crippen molar-refractivity contribution in [3.63, 3.8) is 0 Å². The van der Waals surface area contributed by atoms with Crippen molar-refractivity contribution >= 4 is 0 Å². The molecule has 0 aliphatic heterocycles. The van der Waals surface area contributed by atoms with E-state index in [9.17, 15) is 10.2 Å². The monoisotopic (exact) mass is 192 g/mol. The molecule has 0 saturated heterocycles. The van der Waals surface area contributed by atoms with Gasteiger partial charge in [-0.1, -0.05) is 0 Å². The molecular formula is C12H16O2. The van der Waals surface area contributed by atoms with Crippen LogP contribution in [0.3, 0.4) is 0 Å². The maximum absolute atomic E-state index is 10.2. The highest BCUT2D eigenvalue weighted by molar-refractivity contribution is 5.26. The molecule has 5 aliphatic carbocycles. The summed E-state index contributed by atoms with van der Waals surface area (Å²) in [6.07, 6.45) is 2.27. The van der Waals surface area contributed by atoms with Crippen molar-refractivity contribution in [3.05, 3.63) is 0 Å². The largest absolute Gasteiger partial charge is 0.393 e. The lowest BCUT2D eigenvalue weighted by atomic mass is 9.60. The first-order valence-corrected chi connectivity index (χ1v) is 6.15. The van der Waals surface area contributed by atoms with Gasteiger partial charge in [0.15, 0.2) is 0 Å². The predicted molar refractivity (Wildman–Crippen MR) is 49.2 cm³/mol. The lowest BCUT2D eigenvalue weighted by molar-refractivity contribution is 0.0202. The highest BCUT2D eigenvalue weighted by atomic mass is 16.3. The molecule has 5 rings (SSSR count). The second kappa shape index (κ2) is 1.80. The summed E-state index contributed by atoms with van der Waals surface area (Å²) < 4.78 is 0. The predicted octanol–water partition coefficient (Wildman–Crippen LogP) is 0.486. The van der Waals surface area contributed by atoms with E-state index >= 15 is 0 Å². The second-order valence-corrected chi connectivity index (χ2v) is 6.42. The molecule has 14 heavy (non-hydrogen) atoms. The number of hydrogen-bond acceptors (Lipinski definition) is 2. The third-order valence-corrected chi connectivity index (χ3v) is 6.60. The first-order chi connectivity index (χ1) is 6.79. The number of aliphatic hydroxyl groups is 2. The van der Waals surface area contributed by atoms with Gasteiger partial charge in [-0.2, -0.15) is 0 Å². The summed E-state index contributed by atoms with van der Waals surface area (Å²) in [5.41, 5.74) is 0. The molecule has 10 atom stereocenters. The molecule has 2 nitrogen and oxygen atoms in total. The first-order valence-electron chi connectivity index (χ1n) is 6.15. The molecule has 2 N–H and O–H groups in total. The molecule has 0 aromatic heterocycles. The smallest absolute Gasteiger partial charge is 0.0602 e. The molecule has 0 radical (unpaired) electrons. The molecule has 0 aromatic carbocycles. The zero-order chi connectivity index (χ0) is 9.19. The average Bonchev–Trinajstić information content (AvgIpc) is 2.71.